The summed E-state index contributed by atoms with van der Waals surface area (Å²) in [6, 6.07) is 4.73. The predicted octanol–water partition coefficient (Wildman–Crippen LogP) is 3.20. The maximum absolute atomic E-state index is 13.8. The van der Waals surface area contributed by atoms with E-state index in [1.807, 2.05) is 0 Å². The van der Waals surface area contributed by atoms with Gasteiger partial charge >= 0.3 is 0 Å². The number of carbonyl (C=O) groups is 1. The van der Waals surface area contributed by atoms with Crippen molar-refractivity contribution in [2.45, 2.75) is 25.2 Å². The molecule has 0 spiro atoms. The highest BCUT2D eigenvalue weighted by molar-refractivity contribution is 6.30. The molecule has 2 rings (SSSR count). The Labute approximate surface area is 111 Å². The van der Waals surface area contributed by atoms with Gasteiger partial charge in [0.1, 0.15) is 5.82 Å². The summed E-state index contributed by atoms with van der Waals surface area (Å²) in [6.07, 6.45) is 4.93. The number of halogens is 2. The standard InChI is InChI=1S/C14H15ClFNO/c1-2-3-13(18)17-9-14(6-7-14)11-5-4-10(15)8-12(11)16/h2-5,8H,6-7,9H2,1H3,(H,17,18)/b3-2+. The van der Waals surface area contributed by atoms with E-state index in [0.29, 0.717) is 17.1 Å². The minimum Gasteiger partial charge on any atom is -0.352 e. The van der Waals surface area contributed by atoms with Crippen LogP contribution in [0.1, 0.15) is 25.3 Å². The van der Waals surface area contributed by atoms with E-state index in [0.717, 1.165) is 12.8 Å². The van der Waals surface area contributed by atoms with Gasteiger partial charge in [0.05, 0.1) is 0 Å². The molecule has 1 aliphatic rings. The van der Waals surface area contributed by atoms with Crippen LogP contribution in [0.25, 0.3) is 0 Å². The zero-order valence-electron chi connectivity index (χ0n) is 10.2. The Morgan fingerprint density at radius 1 is 1.56 bits per heavy atom. The van der Waals surface area contributed by atoms with Crippen LogP contribution in [0, 0.1) is 5.82 Å². The van der Waals surface area contributed by atoms with E-state index >= 15 is 0 Å². The minimum atomic E-state index is -0.291. The third-order valence-corrected chi connectivity index (χ3v) is 3.51. The molecule has 0 atom stereocenters. The van der Waals surface area contributed by atoms with Crippen LogP contribution in [0.15, 0.2) is 30.4 Å². The summed E-state index contributed by atoms with van der Waals surface area (Å²) in [5.74, 6) is -0.432. The molecule has 0 radical (unpaired) electrons. The Bertz CT molecular complexity index is 495. The molecule has 1 aromatic carbocycles. The molecule has 0 heterocycles. The molecule has 1 aromatic rings. The van der Waals surface area contributed by atoms with Gasteiger partial charge in [-0.2, -0.15) is 0 Å². The molecular formula is C14H15ClFNO. The lowest BCUT2D eigenvalue weighted by atomic mass is 9.95. The second-order valence-electron chi connectivity index (χ2n) is 4.62. The normalized spacial score (nSPS) is 16.8. The number of rotatable bonds is 4. The smallest absolute Gasteiger partial charge is 0.243 e. The van der Waals surface area contributed by atoms with Crippen LogP contribution >= 0.6 is 11.6 Å². The summed E-state index contributed by atoms with van der Waals surface area (Å²) in [4.78, 5) is 11.4. The Hall–Kier alpha value is -1.35. The van der Waals surface area contributed by atoms with Crippen molar-refractivity contribution >= 4 is 17.5 Å². The molecule has 2 nitrogen and oxygen atoms in total. The minimum absolute atomic E-state index is 0.141. The fourth-order valence-corrected chi connectivity index (χ4v) is 2.24. The van der Waals surface area contributed by atoms with Crippen LogP contribution in [0.3, 0.4) is 0 Å². The van der Waals surface area contributed by atoms with Gasteiger partial charge in [0.2, 0.25) is 5.91 Å². The van der Waals surface area contributed by atoms with Crippen molar-refractivity contribution in [2.75, 3.05) is 6.54 Å². The Morgan fingerprint density at radius 3 is 2.83 bits per heavy atom. The van der Waals surface area contributed by atoms with Crippen molar-refractivity contribution in [3.05, 3.63) is 46.8 Å². The largest absolute Gasteiger partial charge is 0.352 e. The molecule has 4 heteroatoms. The molecule has 0 aliphatic heterocycles. The number of carbonyl (C=O) groups excluding carboxylic acids is 1. The molecule has 1 aliphatic carbocycles. The third kappa shape index (κ3) is 2.72. The molecular weight excluding hydrogens is 253 g/mol. The molecule has 0 saturated heterocycles. The molecule has 1 saturated carbocycles. The number of allylic oxidation sites excluding steroid dienone is 1. The molecule has 0 bridgehead atoms. The van der Waals surface area contributed by atoms with Crippen LogP contribution in [0.5, 0.6) is 0 Å². The van der Waals surface area contributed by atoms with Crippen molar-refractivity contribution in [2.24, 2.45) is 0 Å². The quantitative estimate of drug-likeness (QED) is 0.834. The van der Waals surface area contributed by atoms with Crippen molar-refractivity contribution in [1.29, 1.82) is 0 Å². The number of hydrogen-bond donors (Lipinski definition) is 1. The second kappa shape index (κ2) is 5.11. The van der Waals surface area contributed by atoms with Crippen molar-refractivity contribution < 1.29 is 9.18 Å². The number of hydrogen-bond acceptors (Lipinski definition) is 1. The first-order valence-corrected chi connectivity index (χ1v) is 6.31. The van der Waals surface area contributed by atoms with E-state index < -0.39 is 0 Å². The van der Waals surface area contributed by atoms with Crippen molar-refractivity contribution in [3.8, 4) is 0 Å². The predicted molar refractivity (Wildman–Crippen MR) is 70.1 cm³/mol. The van der Waals surface area contributed by atoms with E-state index in [4.69, 9.17) is 11.6 Å². The van der Waals surface area contributed by atoms with E-state index in [2.05, 4.69) is 5.32 Å². The Morgan fingerprint density at radius 2 is 2.28 bits per heavy atom. The molecule has 1 N–H and O–H groups in total. The first-order valence-electron chi connectivity index (χ1n) is 5.93. The van der Waals surface area contributed by atoms with Gasteiger partial charge in [0, 0.05) is 17.0 Å². The molecule has 0 aromatic heterocycles. The van der Waals surface area contributed by atoms with Crippen molar-refractivity contribution in [3.63, 3.8) is 0 Å². The maximum Gasteiger partial charge on any atom is 0.243 e. The molecule has 0 unspecified atom stereocenters. The second-order valence-corrected chi connectivity index (χ2v) is 5.06. The topological polar surface area (TPSA) is 29.1 Å². The SMILES string of the molecule is C/C=C/C(=O)NCC1(c2ccc(Cl)cc2F)CC1. The van der Waals surface area contributed by atoms with Gasteiger partial charge in [-0.1, -0.05) is 23.7 Å². The summed E-state index contributed by atoms with van der Waals surface area (Å²) >= 11 is 5.74. The van der Waals surface area contributed by atoms with Crippen molar-refractivity contribution in [1.82, 2.24) is 5.32 Å². The van der Waals surface area contributed by atoms with Crippen LogP contribution in [-0.2, 0) is 10.2 Å². The average Bonchev–Trinajstić information content (AvgIpc) is 3.08. The average molecular weight is 268 g/mol. The van der Waals surface area contributed by atoms with Crippen LogP contribution in [-0.4, -0.2) is 12.5 Å². The highest BCUT2D eigenvalue weighted by Crippen LogP contribution is 2.48. The monoisotopic (exact) mass is 267 g/mol. The van der Waals surface area contributed by atoms with Gasteiger partial charge in [-0.15, -0.1) is 0 Å². The zero-order chi connectivity index (χ0) is 13.2. The summed E-state index contributed by atoms with van der Waals surface area (Å²) in [6.45, 7) is 2.25. The fourth-order valence-electron chi connectivity index (χ4n) is 2.08. The highest BCUT2D eigenvalue weighted by atomic mass is 35.5. The van der Waals surface area contributed by atoms with Gasteiger partial charge in [0.25, 0.3) is 0 Å². The Kier molecular flexibility index (Phi) is 3.71. The fraction of sp³-hybridized carbons (Fsp3) is 0.357. The lowest BCUT2D eigenvalue weighted by molar-refractivity contribution is -0.116. The Balaban J connectivity index is 2.09. The molecule has 96 valence electrons. The first-order chi connectivity index (χ1) is 8.57. The van der Waals surface area contributed by atoms with Gasteiger partial charge < -0.3 is 5.32 Å². The molecule has 1 fully saturated rings. The molecule has 1 amide bonds. The van der Waals surface area contributed by atoms with E-state index in [1.165, 1.54) is 12.1 Å². The summed E-state index contributed by atoms with van der Waals surface area (Å²) in [5, 5.41) is 3.19. The number of amides is 1. The number of nitrogens with one attached hydrogen (secondary N) is 1. The zero-order valence-corrected chi connectivity index (χ0v) is 10.9. The lowest BCUT2D eigenvalue weighted by Gasteiger charge is -2.17. The summed E-state index contributed by atoms with van der Waals surface area (Å²) in [7, 11) is 0. The first kappa shape index (κ1) is 13.1. The number of benzene rings is 1. The van der Waals surface area contributed by atoms with E-state index in [1.54, 1.807) is 25.1 Å². The summed E-state index contributed by atoms with van der Waals surface area (Å²) in [5.41, 5.74) is 0.402. The van der Waals surface area contributed by atoms with Crippen LogP contribution < -0.4 is 5.32 Å². The summed E-state index contributed by atoms with van der Waals surface area (Å²) < 4.78 is 13.8. The van der Waals surface area contributed by atoms with Gasteiger partial charge in [-0.25, -0.2) is 4.39 Å². The van der Waals surface area contributed by atoms with E-state index in [-0.39, 0.29) is 17.1 Å². The van der Waals surface area contributed by atoms with Gasteiger partial charge in [-0.05, 0) is 43.5 Å². The van der Waals surface area contributed by atoms with Crippen LogP contribution in [0.4, 0.5) is 4.39 Å². The van der Waals surface area contributed by atoms with Gasteiger partial charge in [-0.3, -0.25) is 4.79 Å². The molecule has 18 heavy (non-hydrogen) atoms. The van der Waals surface area contributed by atoms with E-state index in [9.17, 15) is 9.18 Å². The lowest BCUT2D eigenvalue weighted by Crippen LogP contribution is -2.31. The van der Waals surface area contributed by atoms with Crippen LogP contribution in [0.2, 0.25) is 5.02 Å². The maximum atomic E-state index is 13.8. The third-order valence-electron chi connectivity index (χ3n) is 3.28. The van der Waals surface area contributed by atoms with Gasteiger partial charge in [0.15, 0.2) is 0 Å². The highest BCUT2D eigenvalue weighted by Gasteiger charge is 2.45.